The number of benzene rings is 2. The predicted octanol–water partition coefficient (Wildman–Crippen LogP) is 3.18. The van der Waals surface area contributed by atoms with Gasteiger partial charge in [0.1, 0.15) is 22.3 Å². The van der Waals surface area contributed by atoms with Crippen LogP contribution in [0, 0.1) is 6.92 Å². The lowest BCUT2D eigenvalue weighted by molar-refractivity contribution is -0.131. The molecule has 0 aliphatic rings. The third-order valence-corrected chi connectivity index (χ3v) is 3.04. The van der Waals surface area contributed by atoms with Gasteiger partial charge in [0.25, 0.3) is 0 Å². The Kier molecular flexibility index (Phi) is 2.79. The largest absolute Gasteiger partial charge is 0.456 e. The number of aryl methyl sites for hydroxylation is 1. The first-order valence-electron chi connectivity index (χ1n) is 6.21. The van der Waals surface area contributed by atoms with Crippen molar-refractivity contribution in [1.29, 1.82) is 0 Å². The molecule has 2 aromatic carbocycles. The summed E-state index contributed by atoms with van der Waals surface area (Å²) in [5.41, 5.74) is 1.60. The van der Waals surface area contributed by atoms with E-state index in [2.05, 4.69) is 0 Å². The smallest absolute Gasteiger partial charge is 0.308 e. The highest BCUT2D eigenvalue weighted by atomic mass is 16.5. The quantitative estimate of drug-likeness (QED) is 0.386. The summed E-state index contributed by atoms with van der Waals surface area (Å²) < 4.78 is 10.9. The normalized spacial score (nSPS) is 10.9. The summed E-state index contributed by atoms with van der Waals surface area (Å²) in [7, 11) is 0. The van der Waals surface area contributed by atoms with Gasteiger partial charge in [0.05, 0.1) is 5.39 Å². The topological polar surface area (TPSA) is 56.5 Å². The van der Waals surface area contributed by atoms with Crippen molar-refractivity contribution in [2.75, 3.05) is 0 Å². The summed E-state index contributed by atoms with van der Waals surface area (Å²) >= 11 is 0. The Hall–Kier alpha value is -2.62. The molecule has 0 spiro atoms. The molecule has 0 saturated carbocycles. The molecule has 0 bridgehead atoms. The molecule has 0 aliphatic carbocycles. The second-order valence-corrected chi connectivity index (χ2v) is 4.66. The first-order valence-corrected chi connectivity index (χ1v) is 6.21. The number of hydrogen-bond donors (Lipinski definition) is 0. The van der Waals surface area contributed by atoms with E-state index in [1.807, 2.05) is 6.92 Å². The molecule has 1 heterocycles. The van der Waals surface area contributed by atoms with E-state index in [4.69, 9.17) is 9.15 Å². The van der Waals surface area contributed by atoms with Gasteiger partial charge in [-0.2, -0.15) is 0 Å². The molecule has 3 aromatic rings. The zero-order chi connectivity index (χ0) is 14.3. The van der Waals surface area contributed by atoms with Gasteiger partial charge in [0.2, 0.25) is 5.43 Å². The van der Waals surface area contributed by atoms with Gasteiger partial charge < -0.3 is 9.15 Å². The van der Waals surface area contributed by atoms with Crippen LogP contribution in [0.4, 0.5) is 0 Å². The Bertz CT molecular complexity index is 890. The average molecular weight is 268 g/mol. The van der Waals surface area contributed by atoms with E-state index in [-0.39, 0.29) is 11.2 Å². The van der Waals surface area contributed by atoms with Crippen LogP contribution >= 0.6 is 0 Å². The van der Waals surface area contributed by atoms with Crippen molar-refractivity contribution in [2.24, 2.45) is 0 Å². The molecule has 1 aromatic heterocycles. The van der Waals surface area contributed by atoms with Gasteiger partial charge >= 0.3 is 5.97 Å². The van der Waals surface area contributed by atoms with Crippen molar-refractivity contribution in [3.05, 3.63) is 52.2 Å². The molecule has 0 atom stereocenters. The molecule has 20 heavy (non-hydrogen) atoms. The molecule has 4 nitrogen and oxygen atoms in total. The molecular formula is C16H12O4. The van der Waals surface area contributed by atoms with Crippen LogP contribution in [0.3, 0.4) is 0 Å². The maximum absolute atomic E-state index is 12.6. The van der Waals surface area contributed by atoms with Gasteiger partial charge in [-0.15, -0.1) is 0 Å². The van der Waals surface area contributed by atoms with Gasteiger partial charge in [-0.3, -0.25) is 9.59 Å². The summed E-state index contributed by atoms with van der Waals surface area (Å²) in [5.74, 6) is -0.225. The van der Waals surface area contributed by atoms with Crippen molar-refractivity contribution in [3.63, 3.8) is 0 Å². The fourth-order valence-electron chi connectivity index (χ4n) is 2.26. The zero-order valence-electron chi connectivity index (χ0n) is 11.1. The Morgan fingerprint density at radius 3 is 2.65 bits per heavy atom. The van der Waals surface area contributed by atoms with Crippen LogP contribution in [0.5, 0.6) is 5.75 Å². The minimum atomic E-state index is -0.468. The van der Waals surface area contributed by atoms with E-state index in [1.54, 1.807) is 36.4 Å². The van der Waals surface area contributed by atoms with E-state index in [0.29, 0.717) is 21.9 Å². The molecule has 0 N–H and O–H groups in total. The molecule has 0 aliphatic heterocycles. The number of carbonyl (C=O) groups is 1. The summed E-state index contributed by atoms with van der Waals surface area (Å²) in [4.78, 5) is 23.7. The Labute approximate surface area is 114 Å². The SMILES string of the molecule is CC(=O)Oc1cc(C)cc2oc3ccccc3c(=O)c12. The van der Waals surface area contributed by atoms with Crippen molar-refractivity contribution < 1.29 is 13.9 Å². The van der Waals surface area contributed by atoms with Crippen molar-refractivity contribution >= 4 is 27.9 Å². The molecular weight excluding hydrogens is 256 g/mol. The second kappa shape index (κ2) is 4.49. The zero-order valence-corrected chi connectivity index (χ0v) is 11.1. The number of hydrogen-bond acceptors (Lipinski definition) is 4. The van der Waals surface area contributed by atoms with Crippen molar-refractivity contribution in [1.82, 2.24) is 0 Å². The highest BCUT2D eigenvalue weighted by Crippen LogP contribution is 2.28. The molecule has 100 valence electrons. The first kappa shape index (κ1) is 12.4. The number of rotatable bonds is 1. The van der Waals surface area contributed by atoms with Crippen LogP contribution in [-0.4, -0.2) is 5.97 Å². The lowest BCUT2D eigenvalue weighted by Gasteiger charge is -2.08. The fourth-order valence-corrected chi connectivity index (χ4v) is 2.26. The number of fused-ring (bicyclic) bond motifs is 2. The molecule has 0 amide bonds. The van der Waals surface area contributed by atoms with Crippen LogP contribution in [0.1, 0.15) is 12.5 Å². The van der Waals surface area contributed by atoms with Gasteiger partial charge in [-0.25, -0.2) is 0 Å². The minimum absolute atomic E-state index is 0.196. The third kappa shape index (κ3) is 1.95. The van der Waals surface area contributed by atoms with Crippen LogP contribution in [0.15, 0.2) is 45.6 Å². The molecule has 0 radical (unpaired) electrons. The van der Waals surface area contributed by atoms with Crippen LogP contribution < -0.4 is 10.2 Å². The molecule has 3 rings (SSSR count). The highest BCUT2D eigenvalue weighted by Gasteiger charge is 2.14. The number of ether oxygens (including phenoxy) is 1. The molecule has 4 heteroatoms. The maximum Gasteiger partial charge on any atom is 0.308 e. The van der Waals surface area contributed by atoms with Crippen molar-refractivity contribution in [2.45, 2.75) is 13.8 Å². The van der Waals surface area contributed by atoms with Gasteiger partial charge in [0.15, 0.2) is 0 Å². The van der Waals surface area contributed by atoms with E-state index < -0.39 is 5.97 Å². The number of para-hydroxylation sites is 1. The van der Waals surface area contributed by atoms with Crippen molar-refractivity contribution in [3.8, 4) is 5.75 Å². The monoisotopic (exact) mass is 268 g/mol. The summed E-state index contributed by atoms with van der Waals surface area (Å²) in [6.07, 6.45) is 0. The lowest BCUT2D eigenvalue weighted by atomic mass is 10.1. The highest BCUT2D eigenvalue weighted by molar-refractivity contribution is 5.94. The Morgan fingerprint density at radius 1 is 1.15 bits per heavy atom. The standard InChI is InChI=1S/C16H12O4/c1-9-7-13(19-10(2)17)15-14(8-9)20-12-6-4-3-5-11(12)16(15)18/h3-8H,1-2H3. The second-order valence-electron chi connectivity index (χ2n) is 4.66. The van der Waals surface area contributed by atoms with E-state index in [0.717, 1.165) is 5.56 Å². The number of esters is 1. The fraction of sp³-hybridized carbons (Fsp3) is 0.125. The Morgan fingerprint density at radius 2 is 1.90 bits per heavy atom. The van der Waals surface area contributed by atoms with E-state index >= 15 is 0 Å². The van der Waals surface area contributed by atoms with Gasteiger partial charge in [-0.1, -0.05) is 12.1 Å². The van der Waals surface area contributed by atoms with Gasteiger partial charge in [0, 0.05) is 6.92 Å². The lowest BCUT2D eigenvalue weighted by Crippen LogP contribution is -2.08. The summed E-state index contributed by atoms with van der Waals surface area (Å²) in [6.45, 7) is 3.15. The summed E-state index contributed by atoms with van der Waals surface area (Å²) in [5, 5.41) is 0.766. The molecule has 0 unspecified atom stereocenters. The number of carbonyl (C=O) groups excluding carboxylic acids is 1. The Balaban J connectivity index is 2.48. The third-order valence-electron chi connectivity index (χ3n) is 3.04. The predicted molar refractivity (Wildman–Crippen MR) is 76.0 cm³/mol. The minimum Gasteiger partial charge on any atom is -0.456 e. The van der Waals surface area contributed by atoms with Crippen LogP contribution in [-0.2, 0) is 4.79 Å². The van der Waals surface area contributed by atoms with E-state index in [9.17, 15) is 9.59 Å². The molecule has 0 fully saturated rings. The maximum atomic E-state index is 12.6. The summed E-state index contributed by atoms with van der Waals surface area (Å²) in [6, 6.07) is 10.4. The average Bonchev–Trinajstić information content (AvgIpc) is 2.37. The molecule has 0 saturated heterocycles. The van der Waals surface area contributed by atoms with Crippen LogP contribution in [0.2, 0.25) is 0 Å². The van der Waals surface area contributed by atoms with E-state index in [1.165, 1.54) is 6.92 Å². The van der Waals surface area contributed by atoms with Gasteiger partial charge in [-0.05, 0) is 36.8 Å². The first-order chi connectivity index (χ1) is 9.56. The van der Waals surface area contributed by atoms with Crippen LogP contribution in [0.25, 0.3) is 21.9 Å².